The van der Waals surface area contributed by atoms with E-state index in [2.05, 4.69) is 15.5 Å². The minimum atomic E-state index is 0. The number of hydrogen-bond donors (Lipinski definition) is 2. The van der Waals surface area contributed by atoms with E-state index >= 15 is 0 Å². The van der Waals surface area contributed by atoms with Crippen molar-refractivity contribution < 1.29 is 9.53 Å². The lowest BCUT2D eigenvalue weighted by molar-refractivity contribution is -0.121. The van der Waals surface area contributed by atoms with Crippen molar-refractivity contribution >= 4 is 30.7 Å². The van der Waals surface area contributed by atoms with Gasteiger partial charge in [-0.05, 0) is 39.4 Å². The average Bonchev–Trinajstić information content (AvgIpc) is 2.40. The third-order valence-corrected chi connectivity index (χ3v) is 3.16. The fraction of sp³-hybridized carbons (Fsp3) is 0.923. The van der Waals surface area contributed by atoms with Gasteiger partial charge in [-0.15, -0.1) is 24.8 Å². The van der Waals surface area contributed by atoms with Gasteiger partial charge in [0.15, 0.2) is 0 Å². The van der Waals surface area contributed by atoms with Crippen molar-refractivity contribution in [3.05, 3.63) is 0 Å². The number of unbranched alkanes of at least 4 members (excludes halogenated alkanes) is 1. The molecule has 0 atom stereocenters. The van der Waals surface area contributed by atoms with Gasteiger partial charge < -0.3 is 15.4 Å². The minimum Gasteiger partial charge on any atom is -0.379 e. The zero-order chi connectivity index (χ0) is 13.1. The topological polar surface area (TPSA) is 53.6 Å². The van der Waals surface area contributed by atoms with Crippen LogP contribution in [-0.4, -0.2) is 63.8 Å². The first kappa shape index (κ1) is 22.2. The highest BCUT2D eigenvalue weighted by Crippen LogP contribution is 1.99. The maximum absolute atomic E-state index is 11.4. The highest BCUT2D eigenvalue weighted by Gasteiger charge is 2.09. The van der Waals surface area contributed by atoms with Gasteiger partial charge in [-0.2, -0.15) is 0 Å². The molecule has 5 nitrogen and oxygen atoms in total. The first-order valence-electron chi connectivity index (χ1n) is 7.04. The highest BCUT2D eigenvalue weighted by molar-refractivity contribution is 5.85. The maximum Gasteiger partial charge on any atom is 0.220 e. The zero-order valence-electron chi connectivity index (χ0n) is 12.4. The Kier molecular flexibility index (Phi) is 17.0. The number of ether oxygens (including phenoxy) is 1. The lowest BCUT2D eigenvalue weighted by Crippen LogP contribution is -2.37. The summed E-state index contributed by atoms with van der Waals surface area (Å²) in [6.07, 6.45) is 3.76. The largest absolute Gasteiger partial charge is 0.379 e. The van der Waals surface area contributed by atoms with Crippen molar-refractivity contribution in [1.29, 1.82) is 0 Å². The second-order valence-corrected chi connectivity index (χ2v) is 4.72. The molecule has 0 aromatic carbocycles. The van der Waals surface area contributed by atoms with Crippen LogP contribution in [0.1, 0.15) is 25.7 Å². The summed E-state index contributed by atoms with van der Waals surface area (Å²) in [7, 11) is 1.91. The Balaban J connectivity index is 0. The summed E-state index contributed by atoms with van der Waals surface area (Å²) in [6.45, 7) is 6.67. The predicted octanol–water partition coefficient (Wildman–Crippen LogP) is 1.06. The number of halogens is 2. The number of amides is 1. The number of nitrogens with one attached hydrogen (secondary N) is 2. The number of nitrogens with zero attached hydrogens (tertiary/aromatic N) is 1. The Morgan fingerprint density at radius 1 is 1.10 bits per heavy atom. The molecule has 1 aliphatic rings. The van der Waals surface area contributed by atoms with Crippen molar-refractivity contribution in [2.75, 3.05) is 53.0 Å². The van der Waals surface area contributed by atoms with Crippen LogP contribution in [0.25, 0.3) is 0 Å². The third-order valence-electron chi connectivity index (χ3n) is 3.16. The van der Waals surface area contributed by atoms with Gasteiger partial charge in [0, 0.05) is 26.1 Å². The van der Waals surface area contributed by atoms with E-state index in [9.17, 15) is 4.79 Å². The summed E-state index contributed by atoms with van der Waals surface area (Å²) < 4.78 is 5.30. The first-order chi connectivity index (χ1) is 8.83. The molecule has 0 spiro atoms. The van der Waals surface area contributed by atoms with Crippen molar-refractivity contribution in [3.8, 4) is 0 Å². The molecule has 0 bridgehead atoms. The summed E-state index contributed by atoms with van der Waals surface area (Å²) in [5.74, 6) is 0.177. The maximum atomic E-state index is 11.4. The molecule has 1 heterocycles. The zero-order valence-corrected chi connectivity index (χ0v) is 14.0. The average molecular weight is 330 g/mol. The lowest BCUT2D eigenvalue weighted by Gasteiger charge is -2.26. The van der Waals surface area contributed by atoms with Crippen LogP contribution in [0.5, 0.6) is 0 Å². The second-order valence-electron chi connectivity index (χ2n) is 4.72. The molecule has 1 rings (SSSR count). The van der Waals surface area contributed by atoms with Crippen molar-refractivity contribution in [1.82, 2.24) is 15.5 Å². The molecule has 122 valence electrons. The smallest absolute Gasteiger partial charge is 0.220 e. The van der Waals surface area contributed by atoms with Gasteiger partial charge in [-0.25, -0.2) is 0 Å². The molecule has 2 N–H and O–H groups in total. The van der Waals surface area contributed by atoms with Gasteiger partial charge in [-0.1, -0.05) is 0 Å². The fourth-order valence-electron chi connectivity index (χ4n) is 2.03. The van der Waals surface area contributed by atoms with Crippen LogP contribution in [0.15, 0.2) is 0 Å². The molecule has 0 unspecified atom stereocenters. The van der Waals surface area contributed by atoms with Crippen LogP contribution < -0.4 is 10.6 Å². The van der Waals surface area contributed by atoms with E-state index in [1.807, 2.05) is 7.05 Å². The normalized spacial score (nSPS) is 15.1. The monoisotopic (exact) mass is 329 g/mol. The summed E-state index contributed by atoms with van der Waals surface area (Å²) in [4.78, 5) is 13.8. The Hall–Kier alpha value is -0.0700. The summed E-state index contributed by atoms with van der Waals surface area (Å²) in [6, 6.07) is 0. The van der Waals surface area contributed by atoms with E-state index in [1.54, 1.807) is 0 Å². The van der Waals surface area contributed by atoms with E-state index in [0.717, 1.165) is 65.2 Å². The van der Waals surface area contributed by atoms with Crippen LogP contribution in [-0.2, 0) is 9.53 Å². The highest BCUT2D eigenvalue weighted by atomic mass is 35.5. The molecule has 1 fully saturated rings. The van der Waals surface area contributed by atoms with Crippen LogP contribution in [0.3, 0.4) is 0 Å². The molecule has 0 aromatic rings. The first-order valence-corrected chi connectivity index (χ1v) is 7.04. The van der Waals surface area contributed by atoms with Crippen LogP contribution in [0, 0.1) is 0 Å². The molecule has 0 saturated carbocycles. The standard InChI is InChI=1S/C13H27N3O2.2ClH/c1-14-6-4-5-13(17)15-7-2-3-8-16-9-11-18-12-10-16;;/h14H,2-12H2,1H3,(H,15,17);2*1H. The van der Waals surface area contributed by atoms with Gasteiger partial charge in [0.25, 0.3) is 0 Å². The Morgan fingerprint density at radius 3 is 2.45 bits per heavy atom. The van der Waals surface area contributed by atoms with E-state index in [1.165, 1.54) is 0 Å². The van der Waals surface area contributed by atoms with Gasteiger partial charge >= 0.3 is 0 Å². The molecule has 7 heteroatoms. The number of morpholine rings is 1. The Bertz CT molecular complexity index is 228. The number of carbonyl (C=O) groups is 1. The minimum absolute atomic E-state index is 0. The number of carbonyl (C=O) groups excluding carboxylic acids is 1. The van der Waals surface area contributed by atoms with Gasteiger partial charge in [0.05, 0.1) is 13.2 Å². The lowest BCUT2D eigenvalue weighted by atomic mass is 10.2. The van der Waals surface area contributed by atoms with Crippen LogP contribution >= 0.6 is 24.8 Å². The summed E-state index contributed by atoms with van der Waals surface area (Å²) in [5.41, 5.74) is 0. The van der Waals surface area contributed by atoms with Crippen molar-refractivity contribution in [3.63, 3.8) is 0 Å². The molecule has 1 amide bonds. The molecule has 0 aliphatic carbocycles. The Labute approximate surface area is 135 Å². The quantitative estimate of drug-likeness (QED) is 0.621. The number of rotatable bonds is 9. The molecular weight excluding hydrogens is 301 g/mol. The number of hydrogen-bond acceptors (Lipinski definition) is 4. The van der Waals surface area contributed by atoms with Gasteiger partial charge in [0.2, 0.25) is 5.91 Å². The van der Waals surface area contributed by atoms with Crippen molar-refractivity contribution in [2.45, 2.75) is 25.7 Å². The molecule has 1 saturated heterocycles. The molecule has 0 radical (unpaired) electrons. The van der Waals surface area contributed by atoms with Crippen LogP contribution in [0.4, 0.5) is 0 Å². The predicted molar refractivity (Wildman–Crippen MR) is 87.2 cm³/mol. The summed E-state index contributed by atoms with van der Waals surface area (Å²) >= 11 is 0. The molecule has 1 aliphatic heterocycles. The third kappa shape index (κ3) is 11.7. The van der Waals surface area contributed by atoms with E-state index in [-0.39, 0.29) is 30.7 Å². The fourth-order valence-corrected chi connectivity index (χ4v) is 2.03. The summed E-state index contributed by atoms with van der Waals surface area (Å²) in [5, 5.41) is 6.01. The van der Waals surface area contributed by atoms with Gasteiger partial charge in [0.1, 0.15) is 0 Å². The second kappa shape index (κ2) is 15.3. The van der Waals surface area contributed by atoms with Crippen molar-refractivity contribution in [2.24, 2.45) is 0 Å². The van der Waals surface area contributed by atoms with E-state index in [0.29, 0.717) is 6.42 Å². The molecular formula is C13H29Cl2N3O2. The van der Waals surface area contributed by atoms with E-state index < -0.39 is 0 Å². The molecule has 20 heavy (non-hydrogen) atoms. The molecule has 0 aromatic heterocycles. The van der Waals surface area contributed by atoms with Gasteiger partial charge in [-0.3, -0.25) is 9.69 Å². The van der Waals surface area contributed by atoms with Crippen LogP contribution in [0.2, 0.25) is 0 Å². The van der Waals surface area contributed by atoms with E-state index in [4.69, 9.17) is 4.74 Å². The Morgan fingerprint density at radius 2 is 1.80 bits per heavy atom. The SMILES string of the molecule is CNCCCC(=O)NCCCCN1CCOCC1.Cl.Cl.